The van der Waals surface area contributed by atoms with Gasteiger partial charge in [-0.05, 0) is 19.1 Å². The average Bonchev–Trinajstić information content (AvgIpc) is 2.38. The second-order valence-electron chi connectivity index (χ2n) is 4.37. The third-order valence-corrected chi connectivity index (χ3v) is 3.01. The molecule has 1 aromatic rings. The number of nitro groups is 1. The van der Waals surface area contributed by atoms with Gasteiger partial charge in [-0.25, -0.2) is 0 Å². The molecular weight excluding hydrogens is 232 g/mol. The lowest BCUT2D eigenvalue weighted by Crippen LogP contribution is -2.49. The standard InChI is InChI=1S/C12H14N4O2/c1-9-8-15(5-4-14-9)12-6-10(7-13)2-3-11(12)16(17)18/h2-3,6,9,14H,4-5,8H2,1H3/t9-/m1/s1. The van der Waals surface area contributed by atoms with E-state index < -0.39 is 4.92 Å². The predicted octanol–water partition coefficient (Wildman–Crippen LogP) is 1.26. The number of hydrogen-bond donors (Lipinski definition) is 1. The Kier molecular flexibility index (Phi) is 3.44. The molecule has 1 N–H and O–H groups in total. The van der Waals surface area contributed by atoms with Crippen LogP contribution in [0.1, 0.15) is 12.5 Å². The van der Waals surface area contributed by atoms with Gasteiger partial charge in [0.05, 0.1) is 16.6 Å². The van der Waals surface area contributed by atoms with Crippen LogP contribution in [-0.4, -0.2) is 30.6 Å². The fourth-order valence-electron chi connectivity index (χ4n) is 2.15. The highest BCUT2D eigenvalue weighted by atomic mass is 16.6. The average molecular weight is 246 g/mol. The molecule has 18 heavy (non-hydrogen) atoms. The van der Waals surface area contributed by atoms with Crippen LogP contribution in [0.25, 0.3) is 0 Å². The number of nitrogens with one attached hydrogen (secondary N) is 1. The van der Waals surface area contributed by atoms with E-state index >= 15 is 0 Å². The molecule has 0 aliphatic carbocycles. The van der Waals surface area contributed by atoms with Crippen molar-refractivity contribution < 1.29 is 4.92 Å². The third-order valence-electron chi connectivity index (χ3n) is 3.01. The van der Waals surface area contributed by atoms with Gasteiger partial charge in [0.15, 0.2) is 0 Å². The number of anilines is 1. The monoisotopic (exact) mass is 246 g/mol. The summed E-state index contributed by atoms with van der Waals surface area (Å²) in [6.45, 7) is 4.23. The smallest absolute Gasteiger partial charge is 0.292 e. The van der Waals surface area contributed by atoms with Crippen LogP contribution in [0.3, 0.4) is 0 Å². The fourth-order valence-corrected chi connectivity index (χ4v) is 2.15. The molecule has 1 atom stereocenters. The molecule has 1 fully saturated rings. The second kappa shape index (κ2) is 5.02. The third kappa shape index (κ3) is 2.41. The van der Waals surface area contributed by atoms with Gasteiger partial charge >= 0.3 is 0 Å². The largest absolute Gasteiger partial charge is 0.363 e. The lowest BCUT2D eigenvalue weighted by Gasteiger charge is -2.33. The van der Waals surface area contributed by atoms with Gasteiger partial charge in [-0.15, -0.1) is 0 Å². The molecule has 94 valence electrons. The van der Waals surface area contributed by atoms with Crippen LogP contribution in [0.5, 0.6) is 0 Å². The number of benzene rings is 1. The van der Waals surface area contributed by atoms with Crippen LogP contribution in [0, 0.1) is 21.4 Å². The Hall–Kier alpha value is -2.13. The van der Waals surface area contributed by atoms with Crippen LogP contribution < -0.4 is 10.2 Å². The first kappa shape index (κ1) is 12.3. The molecule has 0 aromatic heterocycles. The lowest BCUT2D eigenvalue weighted by molar-refractivity contribution is -0.384. The van der Waals surface area contributed by atoms with E-state index in [2.05, 4.69) is 5.32 Å². The summed E-state index contributed by atoms with van der Waals surface area (Å²) in [5.41, 5.74) is 1.04. The normalized spacial score (nSPS) is 19.3. The number of piperazine rings is 1. The van der Waals surface area contributed by atoms with Crippen molar-refractivity contribution >= 4 is 11.4 Å². The van der Waals surface area contributed by atoms with Crippen molar-refractivity contribution in [2.45, 2.75) is 13.0 Å². The van der Waals surface area contributed by atoms with Gasteiger partial charge in [-0.3, -0.25) is 10.1 Å². The molecule has 0 saturated carbocycles. The Balaban J connectivity index is 2.40. The van der Waals surface area contributed by atoms with Crippen molar-refractivity contribution in [1.82, 2.24) is 5.32 Å². The number of nitrogens with zero attached hydrogens (tertiary/aromatic N) is 3. The summed E-state index contributed by atoms with van der Waals surface area (Å²) in [5, 5.41) is 23.2. The van der Waals surface area contributed by atoms with Crippen molar-refractivity contribution in [3.8, 4) is 6.07 Å². The summed E-state index contributed by atoms with van der Waals surface area (Å²) in [6.07, 6.45) is 0. The van der Waals surface area contributed by atoms with Gasteiger partial charge in [-0.2, -0.15) is 5.26 Å². The molecule has 0 unspecified atom stereocenters. The maximum Gasteiger partial charge on any atom is 0.292 e. The summed E-state index contributed by atoms with van der Waals surface area (Å²) < 4.78 is 0. The number of rotatable bonds is 2. The maximum absolute atomic E-state index is 11.0. The minimum Gasteiger partial charge on any atom is -0.363 e. The summed E-state index contributed by atoms with van der Waals surface area (Å²) in [5.74, 6) is 0. The first-order chi connectivity index (χ1) is 8.61. The Morgan fingerprint density at radius 3 is 3.00 bits per heavy atom. The molecule has 6 heteroatoms. The van der Waals surface area contributed by atoms with Crippen molar-refractivity contribution in [1.29, 1.82) is 5.26 Å². The zero-order valence-corrected chi connectivity index (χ0v) is 10.1. The van der Waals surface area contributed by atoms with E-state index in [1.807, 2.05) is 17.9 Å². The minimum atomic E-state index is -0.400. The minimum absolute atomic E-state index is 0.0584. The van der Waals surface area contributed by atoms with E-state index in [1.165, 1.54) is 12.1 Å². The predicted molar refractivity (Wildman–Crippen MR) is 67.5 cm³/mol. The quantitative estimate of drug-likeness (QED) is 0.627. The number of hydrogen-bond acceptors (Lipinski definition) is 5. The molecule has 0 amide bonds. The highest BCUT2D eigenvalue weighted by Gasteiger charge is 2.23. The molecule has 0 bridgehead atoms. The lowest BCUT2D eigenvalue weighted by atomic mass is 10.1. The van der Waals surface area contributed by atoms with Crippen LogP contribution in [0.2, 0.25) is 0 Å². The highest BCUT2D eigenvalue weighted by molar-refractivity contribution is 5.66. The molecule has 2 rings (SSSR count). The molecule has 0 spiro atoms. The number of nitriles is 1. The maximum atomic E-state index is 11.0. The van der Waals surface area contributed by atoms with E-state index in [1.54, 1.807) is 6.07 Å². The van der Waals surface area contributed by atoms with E-state index in [4.69, 9.17) is 5.26 Å². The number of nitro benzene ring substituents is 1. The molecule has 0 radical (unpaired) electrons. The van der Waals surface area contributed by atoms with Gasteiger partial charge < -0.3 is 10.2 Å². The Labute approximate surface area is 105 Å². The van der Waals surface area contributed by atoms with E-state index in [0.717, 1.165) is 6.54 Å². The van der Waals surface area contributed by atoms with Crippen LogP contribution in [0.4, 0.5) is 11.4 Å². The van der Waals surface area contributed by atoms with E-state index in [9.17, 15) is 10.1 Å². The first-order valence-electron chi connectivity index (χ1n) is 5.78. The SMILES string of the molecule is C[C@@H]1CN(c2cc(C#N)ccc2[N+](=O)[O-])CCN1. The molecule has 1 saturated heterocycles. The molecule has 6 nitrogen and oxygen atoms in total. The molecular formula is C12H14N4O2. The molecule has 1 aromatic carbocycles. The van der Waals surface area contributed by atoms with Crippen LogP contribution in [0.15, 0.2) is 18.2 Å². The van der Waals surface area contributed by atoms with Gasteiger partial charge in [0.2, 0.25) is 0 Å². The van der Waals surface area contributed by atoms with Gasteiger partial charge in [0.25, 0.3) is 5.69 Å². The molecule has 1 heterocycles. The topological polar surface area (TPSA) is 82.2 Å². The summed E-state index contributed by atoms with van der Waals surface area (Å²) >= 11 is 0. The highest BCUT2D eigenvalue weighted by Crippen LogP contribution is 2.29. The Morgan fingerprint density at radius 2 is 2.39 bits per heavy atom. The van der Waals surface area contributed by atoms with Crippen molar-refractivity contribution in [3.63, 3.8) is 0 Å². The van der Waals surface area contributed by atoms with Gasteiger partial charge in [-0.1, -0.05) is 0 Å². The second-order valence-corrected chi connectivity index (χ2v) is 4.37. The van der Waals surface area contributed by atoms with Crippen LogP contribution >= 0.6 is 0 Å². The summed E-state index contributed by atoms with van der Waals surface area (Å²) in [4.78, 5) is 12.6. The van der Waals surface area contributed by atoms with Crippen LogP contribution in [-0.2, 0) is 0 Å². The Morgan fingerprint density at radius 1 is 1.61 bits per heavy atom. The van der Waals surface area contributed by atoms with E-state index in [-0.39, 0.29) is 11.7 Å². The van der Waals surface area contributed by atoms with Crippen molar-refractivity contribution in [2.24, 2.45) is 0 Å². The van der Waals surface area contributed by atoms with Gasteiger partial charge in [0.1, 0.15) is 5.69 Å². The van der Waals surface area contributed by atoms with Crippen molar-refractivity contribution in [2.75, 3.05) is 24.5 Å². The van der Waals surface area contributed by atoms with Crippen molar-refractivity contribution in [3.05, 3.63) is 33.9 Å². The van der Waals surface area contributed by atoms with E-state index in [0.29, 0.717) is 24.3 Å². The fraction of sp³-hybridized carbons (Fsp3) is 0.417. The molecule has 1 aliphatic rings. The van der Waals surface area contributed by atoms with Gasteiger partial charge in [0, 0.05) is 31.7 Å². The molecule has 1 aliphatic heterocycles. The summed E-state index contributed by atoms with van der Waals surface area (Å²) in [6, 6.07) is 6.78. The summed E-state index contributed by atoms with van der Waals surface area (Å²) in [7, 11) is 0. The zero-order valence-electron chi connectivity index (χ0n) is 10.1. The Bertz CT molecular complexity index is 509. The first-order valence-corrected chi connectivity index (χ1v) is 5.78. The zero-order chi connectivity index (χ0) is 13.1.